The van der Waals surface area contributed by atoms with Gasteiger partial charge >= 0.3 is 0 Å². The Morgan fingerprint density at radius 1 is 1.00 bits per heavy atom. The molecule has 0 bridgehead atoms. The van der Waals surface area contributed by atoms with Gasteiger partial charge in [0.2, 0.25) is 0 Å². The predicted molar refractivity (Wildman–Crippen MR) is 126 cm³/mol. The number of carbonyl (C=O) groups excluding carboxylic acids is 1. The molecule has 2 N–H and O–H groups in total. The Kier molecular flexibility index (Phi) is 4.19. The van der Waals surface area contributed by atoms with Crippen molar-refractivity contribution >= 4 is 39.1 Å². The van der Waals surface area contributed by atoms with E-state index in [1.54, 1.807) is 25.5 Å². The lowest BCUT2D eigenvalue weighted by Gasteiger charge is -2.00. The van der Waals surface area contributed by atoms with Crippen molar-refractivity contribution in [1.29, 1.82) is 0 Å². The highest BCUT2D eigenvalue weighted by Crippen LogP contribution is 2.35. The summed E-state index contributed by atoms with van der Waals surface area (Å²) >= 11 is 1.45. The fourth-order valence-electron chi connectivity index (χ4n) is 3.79. The Labute approximate surface area is 186 Å². The van der Waals surface area contributed by atoms with Gasteiger partial charge in [-0.25, -0.2) is 4.98 Å². The number of rotatable bonds is 4. The third-order valence-corrected chi connectivity index (χ3v) is 6.55. The van der Waals surface area contributed by atoms with Crippen LogP contribution in [-0.4, -0.2) is 35.9 Å². The lowest BCUT2D eigenvalue weighted by Crippen LogP contribution is -1.86. The van der Waals surface area contributed by atoms with Gasteiger partial charge in [0.25, 0.3) is 0 Å². The predicted octanol–water partition coefficient (Wildman–Crippen LogP) is 5.49. The minimum absolute atomic E-state index is 0.0571. The number of aromatic nitrogens is 6. The highest BCUT2D eigenvalue weighted by molar-refractivity contribution is 7.17. The molecule has 7 nitrogen and oxygen atoms in total. The molecule has 0 radical (unpaired) electrons. The van der Waals surface area contributed by atoms with Crippen molar-refractivity contribution in [3.05, 3.63) is 72.0 Å². The second-order valence-corrected chi connectivity index (χ2v) is 8.51. The first-order valence-corrected chi connectivity index (χ1v) is 10.8. The lowest BCUT2D eigenvalue weighted by atomic mass is 10.1. The summed E-state index contributed by atoms with van der Waals surface area (Å²) in [5.74, 6) is 0.0571. The van der Waals surface area contributed by atoms with E-state index in [1.165, 1.54) is 11.3 Å². The van der Waals surface area contributed by atoms with Crippen LogP contribution in [0, 0.1) is 0 Å². The highest BCUT2D eigenvalue weighted by Gasteiger charge is 2.17. The summed E-state index contributed by atoms with van der Waals surface area (Å²) in [5, 5.41) is 8.57. The van der Waals surface area contributed by atoms with Gasteiger partial charge in [-0.15, -0.1) is 11.3 Å². The van der Waals surface area contributed by atoms with Crippen molar-refractivity contribution in [2.45, 2.75) is 6.92 Å². The first kappa shape index (κ1) is 18.6. The summed E-state index contributed by atoms with van der Waals surface area (Å²) in [5.41, 5.74) is 6.79. The number of nitrogens with one attached hydrogen (secondary N) is 2. The minimum Gasteiger partial charge on any atom is -0.353 e. The van der Waals surface area contributed by atoms with E-state index in [9.17, 15) is 4.79 Å². The highest BCUT2D eigenvalue weighted by atomic mass is 32.1. The smallest absolute Gasteiger partial charge is 0.169 e. The van der Waals surface area contributed by atoms with Gasteiger partial charge in [0, 0.05) is 35.1 Å². The number of pyridine rings is 3. The molecule has 0 fully saturated rings. The number of hydrogen-bond donors (Lipinski definition) is 2. The van der Waals surface area contributed by atoms with Crippen LogP contribution in [0.5, 0.6) is 0 Å². The van der Waals surface area contributed by atoms with Gasteiger partial charge in [-0.2, -0.15) is 5.10 Å². The number of aromatic amines is 2. The molecule has 0 saturated carbocycles. The summed E-state index contributed by atoms with van der Waals surface area (Å²) in [6.07, 6.45) is 5.31. The second-order valence-electron chi connectivity index (χ2n) is 7.43. The molecule has 0 atom stereocenters. The topological polar surface area (TPSA) is 100 Å². The van der Waals surface area contributed by atoms with Gasteiger partial charge in [-0.3, -0.25) is 19.9 Å². The van der Waals surface area contributed by atoms with Gasteiger partial charge in [-0.1, -0.05) is 0 Å². The van der Waals surface area contributed by atoms with Crippen molar-refractivity contribution in [2.75, 3.05) is 0 Å². The third kappa shape index (κ3) is 3.00. The van der Waals surface area contributed by atoms with E-state index >= 15 is 0 Å². The van der Waals surface area contributed by atoms with E-state index in [2.05, 4.69) is 25.1 Å². The average Bonchev–Trinajstić information content (AvgIpc) is 3.56. The molecule has 0 amide bonds. The molecular formula is C24H16N6OS. The van der Waals surface area contributed by atoms with Crippen LogP contribution in [0.3, 0.4) is 0 Å². The maximum Gasteiger partial charge on any atom is 0.169 e. The van der Waals surface area contributed by atoms with Crippen LogP contribution < -0.4 is 0 Å². The molecule has 6 heterocycles. The summed E-state index contributed by atoms with van der Waals surface area (Å²) in [4.78, 5) is 30.5. The molecular weight excluding hydrogens is 420 g/mol. The van der Waals surface area contributed by atoms with Crippen molar-refractivity contribution in [3.63, 3.8) is 0 Å². The Morgan fingerprint density at radius 2 is 1.94 bits per heavy atom. The second kappa shape index (κ2) is 7.21. The third-order valence-electron chi connectivity index (χ3n) is 5.35. The van der Waals surface area contributed by atoms with E-state index in [0.717, 1.165) is 60.0 Å². The normalized spacial score (nSPS) is 11.4. The molecule has 6 rings (SSSR count). The first-order valence-electron chi connectivity index (χ1n) is 10.0. The fraction of sp³-hybridized carbons (Fsp3) is 0.0417. The Hall–Kier alpha value is -4.17. The Morgan fingerprint density at radius 3 is 2.75 bits per heavy atom. The molecule has 32 heavy (non-hydrogen) atoms. The number of nitrogens with zero attached hydrogens (tertiary/aromatic N) is 4. The van der Waals surface area contributed by atoms with Crippen LogP contribution in [0.15, 0.2) is 67.1 Å². The summed E-state index contributed by atoms with van der Waals surface area (Å²) in [6.45, 7) is 1.58. The van der Waals surface area contributed by atoms with Gasteiger partial charge in [0.15, 0.2) is 5.78 Å². The molecule has 0 aliphatic rings. The zero-order valence-corrected chi connectivity index (χ0v) is 17.8. The Balaban J connectivity index is 1.49. The van der Waals surface area contributed by atoms with Crippen LogP contribution >= 0.6 is 11.3 Å². The van der Waals surface area contributed by atoms with Gasteiger partial charge in [-0.05, 0) is 55.5 Å². The molecule has 6 aromatic heterocycles. The van der Waals surface area contributed by atoms with Crippen LogP contribution in [-0.2, 0) is 0 Å². The van der Waals surface area contributed by atoms with E-state index in [1.807, 2.05) is 48.5 Å². The van der Waals surface area contributed by atoms with Crippen LogP contribution in [0.25, 0.3) is 55.2 Å². The standard InChI is InChI=1S/C24H16N6OS/c1-13(31)20-6-7-21(32-20)22-15-11-19(27-17(15)8-10-26-22)24-23-18(29-30-24)5-4-16(28-23)14-3-2-9-25-12-14/h2-12,27H,1H3,(H,29,30). The van der Waals surface area contributed by atoms with Gasteiger partial charge in [0.05, 0.1) is 32.4 Å². The van der Waals surface area contributed by atoms with Gasteiger partial charge in [0.1, 0.15) is 11.2 Å². The number of fused-ring (bicyclic) bond motifs is 2. The van der Waals surface area contributed by atoms with Crippen molar-refractivity contribution in [3.8, 4) is 33.2 Å². The fourth-order valence-corrected chi connectivity index (χ4v) is 4.71. The lowest BCUT2D eigenvalue weighted by molar-refractivity contribution is 0.102. The molecule has 0 saturated heterocycles. The van der Waals surface area contributed by atoms with Crippen LogP contribution in [0.2, 0.25) is 0 Å². The van der Waals surface area contributed by atoms with E-state index in [0.29, 0.717) is 0 Å². The van der Waals surface area contributed by atoms with Crippen LogP contribution in [0.4, 0.5) is 0 Å². The maximum atomic E-state index is 11.7. The summed E-state index contributed by atoms with van der Waals surface area (Å²) in [6, 6.07) is 15.6. The number of hydrogen-bond acceptors (Lipinski definition) is 6. The van der Waals surface area contributed by atoms with E-state index < -0.39 is 0 Å². The maximum absolute atomic E-state index is 11.7. The number of thiophene rings is 1. The quantitative estimate of drug-likeness (QED) is 0.356. The zero-order valence-electron chi connectivity index (χ0n) is 17.0. The SMILES string of the molecule is CC(=O)c1ccc(-c2nccc3[nH]c(-c4n[nH]c5ccc(-c6cccnc6)nc45)cc23)s1. The Bertz CT molecular complexity index is 1610. The molecule has 8 heteroatoms. The first-order chi connectivity index (χ1) is 15.7. The number of ketones is 1. The molecule has 0 aliphatic heterocycles. The van der Waals surface area contributed by atoms with Crippen molar-refractivity contribution < 1.29 is 4.79 Å². The average molecular weight is 437 g/mol. The summed E-state index contributed by atoms with van der Waals surface area (Å²) < 4.78 is 0. The number of H-pyrrole nitrogens is 2. The van der Waals surface area contributed by atoms with E-state index in [-0.39, 0.29) is 5.78 Å². The largest absolute Gasteiger partial charge is 0.353 e. The monoisotopic (exact) mass is 436 g/mol. The molecule has 0 aliphatic carbocycles. The summed E-state index contributed by atoms with van der Waals surface area (Å²) in [7, 11) is 0. The zero-order chi connectivity index (χ0) is 21.7. The molecule has 0 spiro atoms. The molecule has 0 unspecified atom stereocenters. The van der Waals surface area contributed by atoms with Crippen molar-refractivity contribution in [1.82, 2.24) is 30.1 Å². The number of Topliss-reactive ketones (excluding diaryl/α,β-unsaturated/α-hetero) is 1. The van der Waals surface area contributed by atoms with Gasteiger partial charge < -0.3 is 4.98 Å². The number of carbonyl (C=O) groups is 1. The molecule has 154 valence electrons. The van der Waals surface area contributed by atoms with Crippen LogP contribution in [0.1, 0.15) is 16.6 Å². The molecule has 0 aromatic carbocycles. The molecule has 6 aromatic rings. The van der Waals surface area contributed by atoms with Crippen molar-refractivity contribution in [2.24, 2.45) is 0 Å². The van der Waals surface area contributed by atoms with E-state index in [4.69, 9.17) is 4.98 Å². The minimum atomic E-state index is 0.0571.